The molecule has 0 saturated carbocycles. The van der Waals surface area contributed by atoms with Gasteiger partial charge in [-0.1, -0.05) is 43.3 Å². The van der Waals surface area contributed by atoms with Crippen LogP contribution >= 0.6 is 19.2 Å². The maximum atomic E-state index is 6.10. The van der Waals surface area contributed by atoms with Gasteiger partial charge in [0, 0.05) is 10.7 Å². The highest BCUT2D eigenvalue weighted by atomic mass is 35.7. The van der Waals surface area contributed by atoms with E-state index in [-0.39, 0.29) is 5.16 Å². The van der Waals surface area contributed by atoms with Crippen LogP contribution in [0.2, 0.25) is 0 Å². The Morgan fingerprint density at radius 3 is 2.60 bits per heavy atom. The average Bonchev–Trinajstić information content (AvgIpc) is 2.27. The Balaban J connectivity index is 3.29. The lowest BCUT2D eigenvalue weighted by Crippen LogP contribution is -2.14. The van der Waals surface area contributed by atoms with E-state index in [2.05, 4.69) is 39.0 Å². The fraction of sp³-hybridized carbons (Fsp3) is 0.500. The van der Waals surface area contributed by atoms with Crippen LogP contribution in [0, 0.1) is 6.92 Å². The number of benzene rings is 1. The van der Waals surface area contributed by atoms with Gasteiger partial charge in [0.1, 0.15) is 5.75 Å². The number of rotatable bonds is 4. The van der Waals surface area contributed by atoms with E-state index in [1.54, 1.807) is 7.11 Å². The summed E-state index contributed by atoms with van der Waals surface area (Å²) in [6.07, 6.45) is 1.02. The minimum absolute atomic E-state index is 0.0267. The van der Waals surface area contributed by atoms with E-state index in [1.807, 2.05) is 0 Å². The van der Waals surface area contributed by atoms with Gasteiger partial charge in [-0.05, 0) is 26.8 Å². The zero-order valence-corrected chi connectivity index (χ0v) is 11.5. The molecule has 0 spiro atoms. The Kier molecular flexibility index (Phi) is 4.43. The molecular weight excluding hydrogens is 227 g/mol. The Labute approximate surface area is 98.7 Å². The van der Waals surface area contributed by atoms with Crippen LogP contribution in [0.15, 0.2) is 18.2 Å². The van der Waals surface area contributed by atoms with Crippen LogP contribution in [0.25, 0.3) is 0 Å². The molecule has 0 bridgehead atoms. The maximum absolute atomic E-state index is 6.10. The second-order valence-corrected chi connectivity index (χ2v) is 5.80. The summed E-state index contributed by atoms with van der Waals surface area (Å²) in [7, 11) is 2.09. The number of hydrogen-bond acceptors (Lipinski definition) is 1. The molecule has 1 aromatic rings. The molecule has 0 fully saturated rings. The van der Waals surface area contributed by atoms with Gasteiger partial charge in [0.05, 0.1) is 7.11 Å². The SMILES string of the molecule is CCC(C)(PCl)c1cccc(C)c1OC. The van der Waals surface area contributed by atoms with Crippen molar-refractivity contribution in [2.45, 2.75) is 32.3 Å². The number of ether oxygens (including phenoxy) is 1. The molecule has 3 heteroatoms. The highest BCUT2D eigenvalue weighted by Crippen LogP contribution is 2.50. The lowest BCUT2D eigenvalue weighted by Gasteiger charge is -2.28. The molecule has 0 radical (unpaired) electrons. The Bertz CT molecular complexity index is 334. The van der Waals surface area contributed by atoms with Gasteiger partial charge < -0.3 is 4.74 Å². The molecule has 1 rings (SSSR count). The molecule has 0 aromatic heterocycles. The lowest BCUT2D eigenvalue weighted by molar-refractivity contribution is 0.400. The highest BCUT2D eigenvalue weighted by molar-refractivity contribution is 7.69. The van der Waals surface area contributed by atoms with Crippen LogP contribution in [0.1, 0.15) is 31.4 Å². The number of hydrogen-bond donors (Lipinski definition) is 0. The minimum Gasteiger partial charge on any atom is -0.496 e. The fourth-order valence-electron chi connectivity index (χ4n) is 1.67. The molecule has 0 aliphatic carbocycles. The summed E-state index contributed by atoms with van der Waals surface area (Å²) in [6.45, 7) is 6.42. The van der Waals surface area contributed by atoms with Gasteiger partial charge in [0.15, 0.2) is 0 Å². The van der Waals surface area contributed by atoms with E-state index in [9.17, 15) is 0 Å². The zero-order chi connectivity index (χ0) is 11.5. The van der Waals surface area contributed by atoms with Crippen molar-refractivity contribution >= 4 is 19.2 Å². The van der Waals surface area contributed by atoms with E-state index in [4.69, 9.17) is 16.0 Å². The van der Waals surface area contributed by atoms with Gasteiger partial charge in [-0.3, -0.25) is 0 Å². The molecular formula is C12H18ClOP. The summed E-state index contributed by atoms with van der Waals surface area (Å²) < 4.78 is 5.47. The van der Waals surface area contributed by atoms with Crippen molar-refractivity contribution in [3.05, 3.63) is 29.3 Å². The number of para-hydroxylation sites is 1. The van der Waals surface area contributed by atoms with E-state index in [1.165, 1.54) is 11.1 Å². The van der Waals surface area contributed by atoms with Gasteiger partial charge >= 0.3 is 0 Å². The molecule has 0 N–H and O–H groups in total. The second kappa shape index (κ2) is 5.18. The molecule has 0 saturated heterocycles. The van der Waals surface area contributed by atoms with Crippen LogP contribution in [-0.4, -0.2) is 7.11 Å². The van der Waals surface area contributed by atoms with Crippen molar-refractivity contribution in [3.63, 3.8) is 0 Å². The van der Waals surface area contributed by atoms with Crippen molar-refractivity contribution in [2.75, 3.05) is 7.11 Å². The van der Waals surface area contributed by atoms with Crippen molar-refractivity contribution in [2.24, 2.45) is 0 Å². The number of methoxy groups -OCH3 is 1. The third-order valence-corrected chi connectivity index (χ3v) is 5.22. The first-order valence-corrected chi connectivity index (χ1v) is 7.12. The molecule has 1 nitrogen and oxygen atoms in total. The summed E-state index contributed by atoms with van der Waals surface area (Å²) in [5.74, 6) is 0.981. The molecule has 15 heavy (non-hydrogen) atoms. The summed E-state index contributed by atoms with van der Waals surface area (Å²) in [4.78, 5) is 0. The van der Waals surface area contributed by atoms with Gasteiger partial charge in [-0.25, -0.2) is 0 Å². The topological polar surface area (TPSA) is 9.23 Å². The summed E-state index contributed by atoms with van der Waals surface area (Å²) in [5, 5.41) is 0.0267. The zero-order valence-electron chi connectivity index (χ0n) is 9.73. The Morgan fingerprint density at radius 1 is 1.47 bits per heavy atom. The molecule has 84 valence electrons. The van der Waals surface area contributed by atoms with Crippen LogP contribution in [0.4, 0.5) is 0 Å². The lowest BCUT2D eigenvalue weighted by atomic mass is 9.94. The molecule has 0 aliphatic rings. The largest absolute Gasteiger partial charge is 0.496 e. The third kappa shape index (κ3) is 2.46. The van der Waals surface area contributed by atoms with E-state index >= 15 is 0 Å². The van der Waals surface area contributed by atoms with Crippen molar-refractivity contribution < 1.29 is 4.74 Å². The fourth-order valence-corrected chi connectivity index (χ4v) is 2.80. The van der Waals surface area contributed by atoms with Gasteiger partial charge in [0.25, 0.3) is 0 Å². The Hall–Kier alpha value is -0.260. The molecule has 0 aliphatic heterocycles. The van der Waals surface area contributed by atoms with Crippen LogP contribution in [0.5, 0.6) is 5.75 Å². The first-order valence-electron chi connectivity index (χ1n) is 5.11. The Morgan fingerprint density at radius 2 is 2.13 bits per heavy atom. The first-order chi connectivity index (χ1) is 7.09. The summed E-state index contributed by atoms with van der Waals surface area (Å²) in [6, 6.07) is 6.25. The van der Waals surface area contributed by atoms with Gasteiger partial charge in [-0.2, -0.15) is 0 Å². The minimum atomic E-state index is 0.0267. The molecule has 1 aromatic carbocycles. The van der Waals surface area contributed by atoms with Crippen LogP contribution < -0.4 is 4.74 Å². The normalized spacial score (nSPS) is 15.5. The average molecular weight is 245 g/mol. The molecule has 0 heterocycles. The quantitative estimate of drug-likeness (QED) is 0.711. The predicted octanol–water partition coefficient (Wildman–Crippen LogP) is 4.46. The van der Waals surface area contributed by atoms with E-state index in [0.717, 1.165) is 12.2 Å². The molecule has 2 atom stereocenters. The molecule has 2 unspecified atom stereocenters. The van der Waals surface area contributed by atoms with E-state index in [0.29, 0.717) is 7.93 Å². The van der Waals surface area contributed by atoms with Gasteiger partial charge in [-0.15, -0.1) is 0 Å². The monoisotopic (exact) mass is 244 g/mol. The van der Waals surface area contributed by atoms with Crippen molar-refractivity contribution in [1.82, 2.24) is 0 Å². The van der Waals surface area contributed by atoms with Crippen LogP contribution in [0.3, 0.4) is 0 Å². The number of halogens is 1. The second-order valence-electron chi connectivity index (χ2n) is 3.94. The first kappa shape index (κ1) is 12.8. The van der Waals surface area contributed by atoms with Crippen LogP contribution in [-0.2, 0) is 5.16 Å². The summed E-state index contributed by atoms with van der Waals surface area (Å²) >= 11 is 6.10. The van der Waals surface area contributed by atoms with Crippen molar-refractivity contribution in [3.8, 4) is 5.75 Å². The third-order valence-electron chi connectivity index (χ3n) is 2.93. The standard InChI is InChI=1S/C12H18ClOP/c1-5-12(3,15-13)10-8-6-7-9(2)11(10)14-4/h6-8,15H,5H2,1-4H3. The highest BCUT2D eigenvalue weighted by Gasteiger charge is 2.27. The number of aryl methyl sites for hydroxylation is 1. The summed E-state index contributed by atoms with van der Waals surface area (Å²) in [5.41, 5.74) is 2.39. The predicted molar refractivity (Wildman–Crippen MR) is 69.5 cm³/mol. The van der Waals surface area contributed by atoms with Gasteiger partial charge in [0.2, 0.25) is 0 Å². The smallest absolute Gasteiger partial charge is 0.125 e. The van der Waals surface area contributed by atoms with Crippen molar-refractivity contribution in [1.29, 1.82) is 0 Å². The maximum Gasteiger partial charge on any atom is 0.125 e. The molecule has 0 amide bonds. The van der Waals surface area contributed by atoms with E-state index < -0.39 is 0 Å².